The molecular weight excluding hydrogens is 285 g/mol. The van der Waals surface area contributed by atoms with Gasteiger partial charge in [0.2, 0.25) is 0 Å². The third kappa shape index (κ3) is 6.83. The quantitative estimate of drug-likeness (QED) is 0.404. The number of benzene rings is 1. The highest BCUT2D eigenvalue weighted by molar-refractivity contribution is 5.96. The fraction of sp³-hybridized carbons (Fsp3) is 0.100. The highest BCUT2D eigenvalue weighted by Crippen LogP contribution is 2.13. The highest BCUT2D eigenvalue weighted by atomic mass is 19.4. The summed E-state index contributed by atoms with van der Waals surface area (Å²) in [5, 5.41) is 7.12. The minimum absolute atomic E-state index is 0.230. The topological polar surface area (TPSA) is 133 Å². The molecule has 0 saturated heterocycles. The van der Waals surface area contributed by atoms with Crippen LogP contribution in [-0.4, -0.2) is 29.3 Å². The van der Waals surface area contributed by atoms with Crippen molar-refractivity contribution < 1.29 is 37.4 Å². The first-order valence-electron chi connectivity index (χ1n) is 4.71. The van der Waals surface area contributed by atoms with Crippen LogP contribution in [0.1, 0.15) is 10.4 Å². The lowest BCUT2D eigenvalue weighted by Crippen LogP contribution is -2.21. The van der Waals surface area contributed by atoms with Crippen LogP contribution in [0.25, 0.3) is 0 Å². The number of halogens is 3. The molecule has 0 saturated carbocycles. The van der Waals surface area contributed by atoms with Crippen molar-refractivity contribution in [1.82, 2.24) is 0 Å². The predicted octanol–water partition coefficient (Wildman–Crippen LogP) is 1.14. The molecule has 1 aromatic carbocycles. The van der Waals surface area contributed by atoms with E-state index in [1.54, 1.807) is 0 Å². The number of esters is 1. The first-order chi connectivity index (χ1) is 9.04. The van der Waals surface area contributed by atoms with E-state index in [4.69, 9.17) is 15.6 Å². The van der Waals surface area contributed by atoms with E-state index in [-0.39, 0.29) is 5.56 Å². The SMILES string of the molecule is NC(=O)OC(=O)c1ccc(N)cc1.O=C(O)C(F)(F)F. The second kappa shape index (κ2) is 6.97. The van der Waals surface area contributed by atoms with Crippen LogP contribution in [-0.2, 0) is 9.53 Å². The van der Waals surface area contributed by atoms with Gasteiger partial charge in [0, 0.05) is 5.69 Å². The van der Waals surface area contributed by atoms with Gasteiger partial charge >= 0.3 is 24.2 Å². The molecule has 0 spiro atoms. The van der Waals surface area contributed by atoms with Gasteiger partial charge < -0.3 is 21.3 Å². The number of carbonyl (C=O) groups is 3. The molecule has 1 amide bonds. The first kappa shape index (κ1) is 17.2. The number of nitrogens with two attached hydrogens (primary N) is 2. The second-order valence-electron chi connectivity index (χ2n) is 3.13. The molecule has 5 N–H and O–H groups in total. The average Bonchev–Trinajstić information content (AvgIpc) is 2.28. The van der Waals surface area contributed by atoms with E-state index in [1.165, 1.54) is 24.3 Å². The molecule has 0 aliphatic rings. The maximum absolute atomic E-state index is 11.0. The summed E-state index contributed by atoms with van der Waals surface area (Å²) in [6, 6.07) is 5.94. The van der Waals surface area contributed by atoms with Gasteiger partial charge in [-0.05, 0) is 24.3 Å². The van der Waals surface area contributed by atoms with E-state index in [1.807, 2.05) is 0 Å². The number of amides is 1. The zero-order chi connectivity index (χ0) is 15.9. The van der Waals surface area contributed by atoms with Crippen LogP contribution < -0.4 is 11.5 Å². The Bertz CT molecular complexity index is 499. The average molecular weight is 294 g/mol. The van der Waals surface area contributed by atoms with Crippen molar-refractivity contribution in [1.29, 1.82) is 0 Å². The molecule has 0 atom stereocenters. The molecule has 0 aliphatic carbocycles. The van der Waals surface area contributed by atoms with E-state index in [2.05, 4.69) is 10.5 Å². The van der Waals surface area contributed by atoms with Gasteiger partial charge in [-0.3, -0.25) is 0 Å². The van der Waals surface area contributed by atoms with E-state index < -0.39 is 24.2 Å². The molecule has 0 heterocycles. The van der Waals surface area contributed by atoms with E-state index in [9.17, 15) is 22.8 Å². The Morgan fingerprint density at radius 3 is 1.80 bits per heavy atom. The van der Waals surface area contributed by atoms with Crippen LogP contribution >= 0.6 is 0 Å². The molecule has 0 radical (unpaired) electrons. The van der Waals surface area contributed by atoms with Crippen molar-refractivity contribution in [2.45, 2.75) is 6.18 Å². The van der Waals surface area contributed by atoms with Crippen molar-refractivity contribution in [3.05, 3.63) is 29.8 Å². The molecule has 110 valence electrons. The number of rotatable bonds is 1. The van der Waals surface area contributed by atoms with E-state index >= 15 is 0 Å². The van der Waals surface area contributed by atoms with Gasteiger partial charge in [0.25, 0.3) is 0 Å². The molecule has 1 rings (SSSR count). The van der Waals surface area contributed by atoms with Gasteiger partial charge in [-0.1, -0.05) is 0 Å². The molecule has 0 bridgehead atoms. The first-order valence-corrected chi connectivity index (χ1v) is 4.71. The Hall–Kier alpha value is -2.78. The Morgan fingerprint density at radius 1 is 1.10 bits per heavy atom. The molecule has 0 fully saturated rings. The minimum atomic E-state index is -5.08. The number of anilines is 1. The molecule has 10 heteroatoms. The number of carboxylic acids is 1. The van der Waals surface area contributed by atoms with Crippen LogP contribution in [0.15, 0.2) is 24.3 Å². The van der Waals surface area contributed by atoms with Crippen molar-refractivity contribution in [3.8, 4) is 0 Å². The molecule has 0 unspecified atom stereocenters. The maximum atomic E-state index is 11.0. The van der Waals surface area contributed by atoms with Crippen LogP contribution in [0.2, 0.25) is 0 Å². The van der Waals surface area contributed by atoms with Crippen LogP contribution in [0.4, 0.5) is 23.7 Å². The summed E-state index contributed by atoms with van der Waals surface area (Å²) >= 11 is 0. The summed E-state index contributed by atoms with van der Waals surface area (Å²) in [6.07, 6.45) is -6.21. The van der Waals surface area contributed by atoms with Gasteiger partial charge in [-0.2, -0.15) is 13.2 Å². The second-order valence-corrected chi connectivity index (χ2v) is 3.13. The van der Waals surface area contributed by atoms with Crippen molar-refractivity contribution in [3.63, 3.8) is 0 Å². The molecule has 20 heavy (non-hydrogen) atoms. The number of primary amides is 1. The number of carboxylic acid groups (broad SMARTS) is 1. The fourth-order valence-corrected chi connectivity index (χ4v) is 0.769. The maximum Gasteiger partial charge on any atom is 0.490 e. The largest absolute Gasteiger partial charge is 0.490 e. The number of hydrogen-bond donors (Lipinski definition) is 3. The number of aliphatic carboxylic acids is 1. The Kier molecular flexibility index (Phi) is 6.00. The third-order valence-electron chi connectivity index (χ3n) is 1.58. The normalized spacial score (nSPS) is 9.95. The molecular formula is C10H9F3N2O5. The zero-order valence-electron chi connectivity index (χ0n) is 9.68. The minimum Gasteiger partial charge on any atom is -0.475 e. The lowest BCUT2D eigenvalue weighted by molar-refractivity contribution is -0.192. The number of ether oxygens (including phenoxy) is 1. The summed E-state index contributed by atoms with van der Waals surface area (Å²) in [5.74, 6) is -3.54. The highest BCUT2D eigenvalue weighted by Gasteiger charge is 2.38. The van der Waals surface area contributed by atoms with Gasteiger partial charge in [-0.25, -0.2) is 14.4 Å². The molecule has 1 aromatic rings. The third-order valence-corrected chi connectivity index (χ3v) is 1.58. The van der Waals surface area contributed by atoms with Crippen molar-refractivity contribution in [2.24, 2.45) is 5.73 Å². The Morgan fingerprint density at radius 2 is 1.50 bits per heavy atom. The van der Waals surface area contributed by atoms with Gasteiger partial charge in [0.15, 0.2) is 0 Å². The lowest BCUT2D eigenvalue weighted by atomic mass is 10.2. The smallest absolute Gasteiger partial charge is 0.475 e. The van der Waals surface area contributed by atoms with E-state index in [0.717, 1.165) is 0 Å². The summed E-state index contributed by atoms with van der Waals surface area (Å²) in [4.78, 5) is 30.1. The van der Waals surface area contributed by atoms with E-state index in [0.29, 0.717) is 5.69 Å². The number of nitrogen functional groups attached to an aromatic ring is 1. The van der Waals surface area contributed by atoms with Crippen LogP contribution in [0.3, 0.4) is 0 Å². The van der Waals surface area contributed by atoms with Gasteiger partial charge in [0.1, 0.15) is 0 Å². The lowest BCUT2D eigenvalue weighted by Gasteiger charge is -1.99. The standard InChI is InChI=1S/C8H8N2O3.C2HF3O2/c9-6-3-1-5(2-4-6)7(11)13-8(10)12;3-2(4,5)1(6)7/h1-4H,9H2,(H2,10,12);(H,6,7). The summed E-state index contributed by atoms with van der Waals surface area (Å²) in [6.45, 7) is 0. The van der Waals surface area contributed by atoms with Crippen molar-refractivity contribution >= 4 is 23.7 Å². The number of carbonyl (C=O) groups excluding carboxylic acids is 2. The number of hydrogen-bond acceptors (Lipinski definition) is 5. The van der Waals surface area contributed by atoms with Crippen LogP contribution in [0, 0.1) is 0 Å². The fourth-order valence-electron chi connectivity index (χ4n) is 0.769. The number of alkyl halides is 3. The monoisotopic (exact) mass is 294 g/mol. The molecule has 0 aliphatic heterocycles. The molecule has 0 aromatic heterocycles. The predicted molar refractivity (Wildman–Crippen MR) is 59.5 cm³/mol. The van der Waals surface area contributed by atoms with Crippen molar-refractivity contribution in [2.75, 3.05) is 5.73 Å². The van der Waals surface area contributed by atoms with Gasteiger partial charge in [-0.15, -0.1) is 0 Å². The van der Waals surface area contributed by atoms with Gasteiger partial charge in [0.05, 0.1) is 5.56 Å². The summed E-state index contributed by atoms with van der Waals surface area (Å²) < 4.78 is 35.9. The Labute approximate surface area is 109 Å². The summed E-state index contributed by atoms with van der Waals surface area (Å²) in [5.41, 5.74) is 10.8. The van der Waals surface area contributed by atoms with Crippen LogP contribution in [0.5, 0.6) is 0 Å². The Balaban J connectivity index is 0.000000441. The zero-order valence-corrected chi connectivity index (χ0v) is 9.68. The summed E-state index contributed by atoms with van der Waals surface area (Å²) in [7, 11) is 0. The molecule has 7 nitrogen and oxygen atoms in total.